The maximum atomic E-state index is 6.59. The van der Waals surface area contributed by atoms with Gasteiger partial charge in [-0.05, 0) is 93.7 Å². The van der Waals surface area contributed by atoms with E-state index in [0.29, 0.717) is 0 Å². The minimum atomic E-state index is 0.893. The average molecular weight is 779 g/mol. The molecule has 3 heteroatoms. The molecule has 0 spiro atoms. The second-order valence-electron chi connectivity index (χ2n) is 15.6. The molecule has 286 valence electrons. The monoisotopic (exact) mass is 778 g/mol. The fraction of sp³-hybridized carbons (Fsp3) is 0. The Bertz CT molecular complexity index is 3590. The molecule has 10 aromatic carbocycles. The lowest BCUT2D eigenvalue weighted by Crippen LogP contribution is -2.11. The van der Waals surface area contributed by atoms with Crippen molar-refractivity contribution in [2.24, 2.45) is 0 Å². The number of fused-ring (bicyclic) bond motifs is 7. The van der Waals surface area contributed by atoms with Crippen LogP contribution < -0.4 is 4.90 Å². The first-order valence-corrected chi connectivity index (χ1v) is 20.8. The Morgan fingerprint density at radius 2 is 0.967 bits per heavy atom. The summed E-state index contributed by atoms with van der Waals surface area (Å²) >= 11 is 0. The van der Waals surface area contributed by atoms with Crippen molar-refractivity contribution in [3.8, 4) is 39.1 Å². The van der Waals surface area contributed by atoms with Gasteiger partial charge in [0.1, 0.15) is 11.2 Å². The summed E-state index contributed by atoms with van der Waals surface area (Å²) in [6, 6.07) is 83.0. The molecule has 0 aliphatic rings. The third-order valence-corrected chi connectivity index (χ3v) is 12.2. The van der Waals surface area contributed by atoms with E-state index in [1.54, 1.807) is 0 Å². The maximum absolute atomic E-state index is 6.59. The molecule has 2 aromatic heterocycles. The van der Waals surface area contributed by atoms with E-state index in [4.69, 9.17) is 4.42 Å². The van der Waals surface area contributed by atoms with Crippen LogP contribution in [0.25, 0.3) is 93.6 Å². The average Bonchev–Trinajstić information content (AvgIpc) is 3.88. The predicted molar refractivity (Wildman–Crippen MR) is 257 cm³/mol. The van der Waals surface area contributed by atoms with Crippen LogP contribution in [0.4, 0.5) is 17.1 Å². The van der Waals surface area contributed by atoms with Crippen molar-refractivity contribution in [2.45, 2.75) is 0 Å². The smallest absolute Gasteiger partial charge is 0.143 e. The van der Waals surface area contributed by atoms with Crippen LogP contribution in [0.15, 0.2) is 235 Å². The quantitative estimate of drug-likeness (QED) is 0.161. The van der Waals surface area contributed by atoms with Crippen molar-refractivity contribution >= 4 is 71.6 Å². The topological polar surface area (TPSA) is 21.3 Å². The summed E-state index contributed by atoms with van der Waals surface area (Å²) < 4.78 is 8.96. The highest BCUT2D eigenvalue weighted by Crippen LogP contribution is 2.47. The SMILES string of the molecule is c1ccc(-c2cccc3cccc(-c4ccccc4N(c4cccc(-c5cccc6c5oc5ccccc56)c4)c4ccc5c(c4)c4ccccc4n5-c4ccccc4)c23)cc1. The van der Waals surface area contributed by atoms with Gasteiger partial charge in [0.25, 0.3) is 0 Å². The zero-order valence-corrected chi connectivity index (χ0v) is 33.2. The van der Waals surface area contributed by atoms with Gasteiger partial charge in [-0.15, -0.1) is 0 Å². The van der Waals surface area contributed by atoms with Gasteiger partial charge in [-0.3, -0.25) is 0 Å². The van der Waals surface area contributed by atoms with Gasteiger partial charge in [-0.2, -0.15) is 0 Å². The van der Waals surface area contributed by atoms with E-state index in [0.717, 1.165) is 66.9 Å². The summed E-state index contributed by atoms with van der Waals surface area (Å²) in [5.74, 6) is 0. The molecule has 3 nitrogen and oxygen atoms in total. The van der Waals surface area contributed by atoms with E-state index in [-0.39, 0.29) is 0 Å². The van der Waals surface area contributed by atoms with Crippen LogP contribution in [0.2, 0.25) is 0 Å². The van der Waals surface area contributed by atoms with E-state index in [1.807, 2.05) is 6.07 Å². The highest BCUT2D eigenvalue weighted by atomic mass is 16.3. The molecule has 0 saturated heterocycles. The Balaban J connectivity index is 1.12. The number of nitrogens with zero attached hydrogens (tertiary/aromatic N) is 2. The van der Waals surface area contributed by atoms with E-state index >= 15 is 0 Å². The first kappa shape index (κ1) is 34.9. The van der Waals surface area contributed by atoms with Crippen LogP contribution in [0, 0.1) is 0 Å². The van der Waals surface area contributed by atoms with Gasteiger partial charge >= 0.3 is 0 Å². The summed E-state index contributed by atoms with van der Waals surface area (Å²) in [5, 5.41) is 7.08. The van der Waals surface area contributed by atoms with Crippen LogP contribution >= 0.6 is 0 Å². The van der Waals surface area contributed by atoms with Gasteiger partial charge < -0.3 is 13.9 Å². The van der Waals surface area contributed by atoms with Gasteiger partial charge in [0.05, 0.1) is 16.7 Å². The van der Waals surface area contributed by atoms with Gasteiger partial charge in [0.15, 0.2) is 0 Å². The molecule has 12 aromatic rings. The Morgan fingerprint density at radius 1 is 0.361 bits per heavy atom. The summed E-state index contributed by atoms with van der Waals surface area (Å²) in [7, 11) is 0. The van der Waals surface area contributed by atoms with E-state index in [9.17, 15) is 0 Å². The maximum Gasteiger partial charge on any atom is 0.143 e. The third kappa shape index (κ3) is 5.74. The Hall–Kier alpha value is -8.14. The third-order valence-electron chi connectivity index (χ3n) is 12.2. The number of para-hydroxylation sites is 5. The first-order chi connectivity index (χ1) is 30.3. The molecule has 0 bridgehead atoms. The summed E-state index contributed by atoms with van der Waals surface area (Å²) in [5.41, 5.74) is 15.4. The molecular weight excluding hydrogens is 741 g/mol. The predicted octanol–water partition coefficient (Wildman–Crippen LogP) is 16.3. The van der Waals surface area contributed by atoms with Crippen LogP contribution in [-0.2, 0) is 0 Å². The normalized spacial score (nSPS) is 11.6. The number of hydrogen-bond acceptors (Lipinski definition) is 2. The molecule has 0 unspecified atom stereocenters. The second kappa shape index (κ2) is 14.3. The molecule has 61 heavy (non-hydrogen) atoms. The van der Waals surface area contributed by atoms with Gasteiger partial charge in [0, 0.05) is 49.7 Å². The highest BCUT2D eigenvalue weighted by Gasteiger charge is 2.22. The Labute approximate surface area is 353 Å². The minimum Gasteiger partial charge on any atom is -0.455 e. The summed E-state index contributed by atoms with van der Waals surface area (Å²) in [6.07, 6.45) is 0. The van der Waals surface area contributed by atoms with Crippen molar-refractivity contribution in [1.29, 1.82) is 0 Å². The molecule has 0 N–H and O–H groups in total. The molecule has 0 aliphatic carbocycles. The van der Waals surface area contributed by atoms with Crippen LogP contribution in [0.1, 0.15) is 0 Å². The lowest BCUT2D eigenvalue weighted by Gasteiger charge is -2.29. The summed E-state index contributed by atoms with van der Waals surface area (Å²) in [6.45, 7) is 0. The van der Waals surface area contributed by atoms with Gasteiger partial charge in [0.2, 0.25) is 0 Å². The molecule has 0 atom stereocenters. The van der Waals surface area contributed by atoms with E-state index in [1.165, 1.54) is 43.8 Å². The van der Waals surface area contributed by atoms with E-state index in [2.05, 4.69) is 234 Å². The molecule has 12 rings (SSSR count). The van der Waals surface area contributed by atoms with Gasteiger partial charge in [-0.1, -0.05) is 170 Å². The highest BCUT2D eigenvalue weighted by molar-refractivity contribution is 6.13. The second-order valence-corrected chi connectivity index (χ2v) is 15.6. The number of aromatic nitrogens is 1. The minimum absolute atomic E-state index is 0.893. The Kier molecular flexibility index (Phi) is 8.17. The first-order valence-electron chi connectivity index (χ1n) is 20.8. The zero-order chi connectivity index (χ0) is 40.3. The lowest BCUT2D eigenvalue weighted by atomic mass is 9.90. The molecule has 2 heterocycles. The zero-order valence-electron chi connectivity index (χ0n) is 33.2. The Morgan fingerprint density at radius 3 is 1.84 bits per heavy atom. The van der Waals surface area contributed by atoms with Crippen molar-refractivity contribution in [3.63, 3.8) is 0 Å². The van der Waals surface area contributed by atoms with Crippen LogP contribution in [0.5, 0.6) is 0 Å². The number of anilines is 3. The standard InChI is InChI=1S/C58H38N2O/c1-3-17-39(18-4-1)45-28-14-19-40-20-15-30-50(57(40)45)47-25-7-10-32-53(47)59(43-24-13-21-41(37-43)46-29-16-31-51-49-27-9-12-34-56(49)61-58(46)51)44-35-36-55-52(38-44)48-26-8-11-33-54(48)60(55)42-22-5-2-6-23-42/h1-38H. The molecule has 0 saturated carbocycles. The molecule has 0 fully saturated rings. The van der Waals surface area contributed by atoms with Gasteiger partial charge in [-0.25, -0.2) is 0 Å². The summed E-state index contributed by atoms with van der Waals surface area (Å²) in [4.78, 5) is 2.44. The molecular formula is C58H38N2O. The molecule has 0 amide bonds. The lowest BCUT2D eigenvalue weighted by molar-refractivity contribution is 0.670. The number of furan rings is 1. The van der Waals surface area contributed by atoms with Crippen molar-refractivity contribution in [3.05, 3.63) is 231 Å². The number of hydrogen-bond donors (Lipinski definition) is 0. The molecule has 0 radical (unpaired) electrons. The van der Waals surface area contributed by atoms with Crippen molar-refractivity contribution < 1.29 is 4.42 Å². The van der Waals surface area contributed by atoms with Crippen molar-refractivity contribution in [1.82, 2.24) is 4.57 Å². The van der Waals surface area contributed by atoms with Crippen LogP contribution in [0.3, 0.4) is 0 Å². The van der Waals surface area contributed by atoms with E-state index < -0.39 is 0 Å². The number of benzene rings is 10. The van der Waals surface area contributed by atoms with Crippen LogP contribution in [-0.4, -0.2) is 4.57 Å². The fourth-order valence-corrected chi connectivity index (χ4v) is 9.49. The number of rotatable bonds is 7. The molecule has 0 aliphatic heterocycles. The fourth-order valence-electron chi connectivity index (χ4n) is 9.49. The largest absolute Gasteiger partial charge is 0.455 e. The van der Waals surface area contributed by atoms with Crippen molar-refractivity contribution in [2.75, 3.05) is 4.90 Å².